The van der Waals surface area contributed by atoms with Gasteiger partial charge in [-0.25, -0.2) is 0 Å². The van der Waals surface area contributed by atoms with E-state index in [9.17, 15) is 14.7 Å². The van der Waals surface area contributed by atoms with E-state index in [1.807, 2.05) is 6.07 Å². The maximum atomic E-state index is 12.1. The number of ketones is 1. The number of aliphatic hydroxyl groups is 1. The number of amides is 1. The molecule has 4 nitrogen and oxygen atoms in total. The molecule has 0 saturated carbocycles. The van der Waals surface area contributed by atoms with E-state index < -0.39 is 17.7 Å². The summed E-state index contributed by atoms with van der Waals surface area (Å²) in [5, 5.41) is 13.6. The van der Waals surface area contributed by atoms with Crippen molar-refractivity contribution >= 4 is 29.1 Å². The molecule has 22 heavy (non-hydrogen) atoms. The zero-order chi connectivity index (χ0) is 15.7. The van der Waals surface area contributed by atoms with Crippen molar-refractivity contribution < 1.29 is 14.7 Å². The number of carbonyl (C=O) groups excluding carboxylic acids is 2. The van der Waals surface area contributed by atoms with E-state index in [4.69, 9.17) is 11.6 Å². The smallest absolute Gasteiger partial charge is 0.293 e. The summed E-state index contributed by atoms with van der Waals surface area (Å²) in [6, 6.07) is 14.8. The zero-order valence-corrected chi connectivity index (χ0v) is 12.2. The van der Waals surface area contributed by atoms with Gasteiger partial charge < -0.3 is 10.4 Å². The van der Waals surface area contributed by atoms with Gasteiger partial charge in [0, 0.05) is 10.6 Å². The van der Waals surface area contributed by atoms with Gasteiger partial charge in [-0.05, 0) is 29.8 Å². The molecule has 1 heterocycles. The van der Waals surface area contributed by atoms with Gasteiger partial charge in [-0.1, -0.05) is 41.9 Å². The normalized spacial score (nSPS) is 20.0. The number of rotatable bonds is 2. The molecule has 2 aromatic carbocycles. The maximum absolute atomic E-state index is 12.1. The van der Waals surface area contributed by atoms with E-state index in [1.165, 1.54) is 0 Å². The number of halogens is 1. The summed E-state index contributed by atoms with van der Waals surface area (Å²) in [5.41, 5.74) is 1.22. The van der Waals surface area contributed by atoms with E-state index in [2.05, 4.69) is 5.32 Å². The third-order valence-corrected chi connectivity index (χ3v) is 3.77. The van der Waals surface area contributed by atoms with Gasteiger partial charge in [0.15, 0.2) is 0 Å². The van der Waals surface area contributed by atoms with E-state index in [0.29, 0.717) is 10.6 Å². The Morgan fingerprint density at radius 1 is 1.00 bits per heavy atom. The summed E-state index contributed by atoms with van der Waals surface area (Å²) < 4.78 is 0. The van der Waals surface area contributed by atoms with Crippen LogP contribution in [0, 0.1) is 0 Å². The van der Waals surface area contributed by atoms with Gasteiger partial charge in [-0.3, -0.25) is 9.59 Å². The third kappa shape index (κ3) is 2.49. The molecule has 1 saturated heterocycles. The summed E-state index contributed by atoms with van der Waals surface area (Å²) >= 11 is 5.82. The highest BCUT2D eigenvalue weighted by Crippen LogP contribution is 2.32. The molecule has 2 N–H and O–H groups in total. The number of Topliss-reactive ketones (excluding diaryl/α,β-unsaturated/α-hetero) is 1. The van der Waals surface area contributed by atoms with Crippen LogP contribution in [-0.4, -0.2) is 16.8 Å². The molecule has 110 valence electrons. The average Bonchev–Trinajstić information content (AvgIpc) is 2.84. The van der Waals surface area contributed by atoms with Crippen LogP contribution in [0.2, 0.25) is 5.02 Å². The van der Waals surface area contributed by atoms with Gasteiger partial charge in [-0.15, -0.1) is 0 Å². The van der Waals surface area contributed by atoms with Crippen LogP contribution in [0.4, 0.5) is 0 Å². The second-order valence-electron chi connectivity index (χ2n) is 4.92. The Bertz CT molecular complexity index is 766. The SMILES string of the molecule is O=C1N[C@@H](c2ccccc2)C(=C(O)c2ccc(Cl)cc2)C1=O. The third-order valence-electron chi connectivity index (χ3n) is 3.52. The second-order valence-corrected chi connectivity index (χ2v) is 5.35. The molecule has 1 aliphatic heterocycles. The van der Waals surface area contributed by atoms with E-state index in [-0.39, 0.29) is 11.3 Å². The average molecular weight is 314 g/mol. The quantitative estimate of drug-likeness (QED) is 0.509. The molecule has 3 rings (SSSR count). The van der Waals surface area contributed by atoms with Gasteiger partial charge in [0.05, 0.1) is 11.6 Å². The molecular weight excluding hydrogens is 302 g/mol. The molecule has 1 aliphatic rings. The Morgan fingerprint density at radius 2 is 1.64 bits per heavy atom. The van der Waals surface area contributed by atoms with Crippen molar-refractivity contribution in [2.24, 2.45) is 0 Å². The summed E-state index contributed by atoms with van der Waals surface area (Å²) in [7, 11) is 0. The molecule has 0 aromatic heterocycles. The van der Waals surface area contributed by atoms with Crippen LogP contribution in [0.25, 0.3) is 5.76 Å². The maximum Gasteiger partial charge on any atom is 0.293 e. The number of benzene rings is 2. The molecule has 1 amide bonds. The lowest BCUT2D eigenvalue weighted by atomic mass is 9.96. The largest absolute Gasteiger partial charge is 0.507 e. The van der Waals surface area contributed by atoms with Gasteiger partial charge in [0.1, 0.15) is 5.76 Å². The highest BCUT2D eigenvalue weighted by Gasteiger charge is 2.39. The molecule has 1 atom stereocenters. The van der Waals surface area contributed by atoms with Crippen molar-refractivity contribution in [2.45, 2.75) is 6.04 Å². The number of hydrogen-bond acceptors (Lipinski definition) is 3. The monoisotopic (exact) mass is 313 g/mol. The fourth-order valence-corrected chi connectivity index (χ4v) is 2.55. The summed E-state index contributed by atoms with van der Waals surface area (Å²) in [6.07, 6.45) is 0. The van der Waals surface area contributed by atoms with Crippen molar-refractivity contribution in [1.82, 2.24) is 5.32 Å². The lowest BCUT2D eigenvalue weighted by Crippen LogP contribution is -2.21. The molecule has 0 unspecified atom stereocenters. The molecule has 0 bridgehead atoms. The van der Waals surface area contributed by atoms with Crippen LogP contribution in [0.1, 0.15) is 17.2 Å². The van der Waals surface area contributed by atoms with Crippen LogP contribution in [-0.2, 0) is 9.59 Å². The first-order valence-corrected chi connectivity index (χ1v) is 7.05. The Hall–Kier alpha value is -2.59. The number of carbonyl (C=O) groups is 2. The minimum atomic E-state index is -0.721. The lowest BCUT2D eigenvalue weighted by Gasteiger charge is -2.13. The highest BCUT2D eigenvalue weighted by molar-refractivity contribution is 6.46. The minimum absolute atomic E-state index is 0.0542. The standard InChI is InChI=1S/C17H12ClNO3/c18-12-8-6-11(7-9-12)15(20)13-14(19-17(22)16(13)21)10-4-2-1-3-5-10/h1-9,14,20H,(H,19,22)/t14-/m0/s1. The van der Waals surface area contributed by atoms with Crippen molar-refractivity contribution in [3.05, 3.63) is 76.3 Å². The van der Waals surface area contributed by atoms with Crippen LogP contribution in [0.5, 0.6) is 0 Å². The minimum Gasteiger partial charge on any atom is -0.507 e. The number of hydrogen-bond donors (Lipinski definition) is 2. The molecular formula is C17H12ClNO3. The van der Waals surface area contributed by atoms with Gasteiger partial charge in [0.2, 0.25) is 0 Å². The molecule has 2 aromatic rings. The first kappa shape index (κ1) is 14.4. The van der Waals surface area contributed by atoms with Crippen LogP contribution in [0.15, 0.2) is 60.2 Å². The van der Waals surface area contributed by atoms with Crippen LogP contribution >= 0.6 is 11.6 Å². The summed E-state index contributed by atoms with van der Waals surface area (Å²) in [6.45, 7) is 0. The Morgan fingerprint density at radius 3 is 2.27 bits per heavy atom. The van der Waals surface area contributed by atoms with E-state index in [0.717, 1.165) is 5.56 Å². The van der Waals surface area contributed by atoms with Gasteiger partial charge in [0.25, 0.3) is 11.7 Å². The summed E-state index contributed by atoms with van der Waals surface area (Å²) in [5.74, 6) is -1.65. The van der Waals surface area contributed by atoms with Gasteiger partial charge in [-0.2, -0.15) is 0 Å². The molecule has 1 fully saturated rings. The van der Waals surface area contributed by atoms with E-state index in [1.54, 1.807) is 48.5 Å². The van der Waals surface area contributed by atoms with Crippen molar-refractivity contribution in [1.29, 1.82) is 0 Å². The van der Waals surface area contributed by atoms with Crippen LogP contribution < -0.4 is 5.32 Å². The van der Waals surface area contributed by atoms with Crippen LogP contribution in [0.3, 0.4) is 0 Å². The Labute approximate surface area is 132 Å². The first-order valence-electron chi connectivity index (χ1n) is 6.67. The molecule has 0 radical (unpaired) electrons. The van der Waals surface area contributed by atoms with Crippen molar-refractivity contribution in [3.8, 4) is 0 Å². The Balaban J connectivity index is 2.11. The summed E-state index contributed by atoms with van der Waals surface area (Å²) in [4.78, 5) is 23.8. The predicted molar refractivity (Wildman–Crippen MR) is 83.3 cm³/mol. The fourth-order valence-electron chi connectivity index (χ4n) is 2.43. The molecule has 5 heteroatoms. The topological polar surface area (TPSA) is 66.4 Å². The molecule has 0 aliphatic carbocycles. The molecule has 0 spiro atoms. The number of aliphatic hydroxyl groups excluding tert-OH is 1. The fraction of sp³-hybridized carbons (Fsp3) is 0.0588. The predicted octanol–water partition coefficient (Wildman–Crippen LogP) is 3.05. The second kappa shape index (κ2) is 5.66. The van der Waals surface area contributed by atoms with Crippen molar-refractivity contribution in [3.63, 3.8) is 0 Å². The Kier molecular flexibility index (Phi) is 3.69. The highest BCUT2D eigenvalue weighted by atomic mass is 35.5. The first-order chi connectivity index (χ1) is 10.6. The number of nitrogens with one attached hydrogen (secondary N) is 1. The van der Waals surface area contributed by atoms with Gasteiger partial charge >= 0.3 is 0 Å². The van der Waals surface area contributed by atoms with E-state index >= 15 is 0 Å². The lowest BCUT2D eigenvalue weighted by molar-refractivity contribution is -0.133. The van der Waals surface area contributed by atoms with Crippen molar-refractivity contribution in [2.75, 3.05) is 0 Å². The zero-order valence-electron chi connectivity index (χ0n) is 11.4.